The Labute approximate surface area is 285 Å². The summed E-state index contributed by atoms with van der Waals surface area (Å²) in [7, 11) is 14.8. The Bertz CT molecular complexity index is 1420. The quantitative estimate of drug-likeness (QED) is 0.125. The van der Waals surface area contributed by atoms with Crippen LogP contribution in [0, 0.1) is 0 Å². The first-order valence-corrected chi connectivity index (χ1v) is 20.2. The number of hydrogen-bond acceptors (Lipinski definition) is 6. The molecule has 0 amide bonds. The number of nitrogens with zero attached hydrogens (tertiary/aromatic N) is 3. The average Bonchev–Trinajstić information content (AvgIpc) is 3.13. The van der Waals surface area contributed by atoms with Crippen LogP contribution < -0.4 is 0 Å². The molecule has 0 N–H and O–H groups in total. The summed E-state index contributed by atoms with van der Waals surface area (Å²) in [4.78, 5) is 47.1. The number of pyridine rings is 3. The van der Waals surface area contributed by atoms with Crippen molar-refractivity contribution >= 4 is 46.4 Å². The van der Waals surface area contributed by atoms with Gasteiger partial charge in [-0.3, -0.25) is 29.3 Å². The number of halogens is 3. The van der Waals surface area contributed by atoms with Crippen LogP contribution in [0.25, 0.3) is 0 Å². The van der Waals surface area contributed by atoms with Gasteiger partial charge in [-0.1, -0.05) is 91.0 Å². The third-order valence-electron chi connectivity index (χ3n) is 5.94. The van der Waals surface area contributed by atoms with E-state index in [9.17, 15) is 14.4 Å². The summed E-state index contributed by atoms with van der Waals surface area (Å²) in [6.45, 7) is 0. The van der Waals surface area contributed by atoms with Crippen molar-refractivity contribution in [3.63, 3.8) is 0 Å². The number of hydrogen-bond donors (Lipinski definition) is 0. The third kappa shape index (κ3) is 12.9. The summed E-state index contributed by atoms with van der Waals surface area (Å²) in [5.41, 5.74) is 4.14. The topological polar surface area (TPSA) is 89.9 Å². The van der Waals surface area contributed by atoms with Crippen LogP contribution >= 0.6 is 29.1 Å². The van der Waals surface area contributed by atoms with Gasteiger partial charge in [-0.25, -0.2) is 0 Å². The molecule has 0 fully saturated rings. The molecule has 0 aliphatic rings. The van der Waals surface area contributed by atoms with E-state index in [1.807, 2.05) is 91.0 Å². The summed E-state index contributed by atoms with van der Waals surface area (Å²) in [6.07, 6.45) is 9.73. The Hall–Kier alpha value is -4.39. The van der Waals surface area contributed by atoms with Crippen molar-refractivity contribution in [1.82, 2.24) is 15.0 Å². The Morgan fingerprint density at radius 1 is 0.348 bits per heavy atom. The Kier molecular flexibility index (Phi) is 16.2. The molecule has 3 aromatic heterocycles. The summed E-state index contributed by atoms with van der Waals surface area (Å²) in [5.74, 6) is 0.106. The van der Waals surface area contributed by atoms with Gasteiger partial charge in [0.25, 0.3) is 0 Å². The van der Waals surface area contributed by atoms with Gasteiger partial charge in [-0.05, 0) is 36.4 Å². The van der Waals surface area contributed by atoms with Gasteiger partial charge in [-0.15, -0.1) is 0 Å². The van der Waals surface area contributed by atoms with Gasteiger partial charge in [0.15, 0.2) is 17.3 Å². The van der Waals surface area contributed by atoms with E-state index in [1.54, 1.807) is 73.6 Å². The number of rotatable bonds is 6. The molecule has 233 valence electrons. The predicted octanol–water partition coefficient (Wildman–Crippen LogP) is 9.00. The predicted molar refractivity (Wildman–Crippen MR) is 180 cm³/mol. The van der Waals surface area contributed by atoms with Crippen LogP contribution in [0.5, 0.6) is 0 Å². The van der Waals surface area contributed by atoms with Crippen molar-refractivity contribution in [3.8, 4) is 0 Å². The van der Waals surface area contributed by atoms with Gasteiger partial charge in [0.1, 0.15) is 0 Å². The maximum absolute atomic E-state index is 11.8. The molecule has 6 rings (SSSR count). The first kappa shape index (κ1) is 36.1. The summed E-state index contributed by atoms with van der Waals surface area (Å²) in [6, 6.07) is 38.0. The first-order valence-electron chi connectivity index (χ1n) is 13.5. The van der Waals surface area contributed by atoms with Crippen LogP contribution in [-0.4, -0.2) is 32.3 Å². The molecule has 0 saturated heterocycles. The molecule has 6 nitrogen and oxygen atoms in total. The van der Waals surface area contributed by atoms with E-state index in [0.717, 1.165) is 0 Å². The molecule has 3 heterocycles. The zero-order valence-corrected chi connectivity index (χ0v) is 28.1. The van der Waals surface area contributed by atoms with Crippen molar-refractivity contribution in [2.24, 2.45) is 0 Å². The monoisotopic (exact) mass is 756 g/mol. The van der Waals surface area contributed by atoms with Crippen LogP contribution in [0.15, 0.2) is 165 Å². The Morgan fingerprint density at radius 2 is 0.522 bits per heavy atom. The van der Waals surface area contributed by atoms with E-state index in [1.165, 1.54) is 0 Å². The molecular weight excluding hydrogens is 730 g/mol. The molecule has 0 aliphatic carbocycles. The van der Waals surface area contributed by atoms with Crippen LogP contribution in [-0.2, 0) is 13.0 Å². The van der Waals surface area contributed by atoms with Gasteiger partial charge in [-0.2, -0.15) is 0 Å². The van der Waals surface area contributed by atoms with Crippen LogP contribution in [0.4, 0.5) is 0 Å². The van der Waals surface area contributed by atoms with E-state index in [4.69, 9.17) is 29.1 Å². The molecule has 10 heteroatoms. The fourth-order valence-corrected chi connectivity index (χ4v) is 3.78. The normalized spacial score (nSPS) is 9.85. The van der Waals surface area contributed by atoms with Crippen LogP contribution in [0.2, 0.25) is 0 Å². The van der Waals surface area contributed by atoms with E-state index in [-0.39, 0.29) is 17.3 Å². The number of carbonyl (C=O) groups excluding carboxylic acids is 3. The molecule has 0 radical (unpaired) electrons. The fraction of sp³-hybridized carbons (Fsp3) is 0. The average molecular weight is 757 g/mol. The molecule has 46 heavy (non-hydrogen) atoms. The molecular formula is C36H27Cl3N3O3Ru. The summed E-state index contributed by atoms with van der Waals surface area (Å²) >= 11 is -1.75. The summed E-state index contributed by atoms with van der Waals surface area (Å²) in [5, 5.41) is 0. The second-order valence-corrected chi connectivity index (χ2v) is 16.9. The number of ketones is 3. The van der Waals surface area contributed by atoms with Gasteiger partial charge in [0.2, 0.25) is 0 Å². The van der Waals surface area contributed by atoms with E-state index in [0.29, 0.717) is 33.4 Å². The van der Waals surface area contributed by atoms with Crippen molar-refractivity contribution in [2.45, 2.75) is 0 Å². The third-order valence-corrected chi connectivity index (χ3v) is 5.94. The molecule has 0 unspecified atom stereocenters. The second-order valence-electron chi connectivity index (χ2n) is 8.94. The number of aromatic nitrogens is 3. The van der Waals surface area contributed by atoms with Crippen molar-refractivity contribution in [3.05, 3.63) is 198 Å². The fourth-order valence-electron chi connectivity index (χ4n) is 3.78. The van der Waals surface area contributed by atoms with E-state index >= 15 is 0 Å². The Balaban J connectivity index is 0.000000177. The second kappa shape index (κ2) is 20.6. The molecule has 0 aliphatic heterocycles. The van der Waals surface area contributed by atoms with E-state index < -0.39 is 13.0 Å². The molecule has 0 bridgehead atoms. The molecule has 0 atom stereocenters. The first-order chi connectivity index (χ1) is 22.4. The molecule has 3 aromatic carbocycles. The van der Waals surface area contributed by atoms with Crippen molar-refractivity contribution in [2.75, 3.05) is 0 Å². The SMILES string of the molecule is O=C(c1ccccc1)c1ccncc1.O=C(c1ccccc1)c1ccncc1.O=C(c1ccccc1)c1ccncc1.[Cl][Ru]([Cl])[Cl]. The van der Waals surface area contributed by atoms with Crippen molar-refractivity contribution < 1.29 is 27.4 Å². The van der Waals surface area contributed by atoms with Crippen molar-refractivity contribution in [1.29, 1.82) is 0 Å². The summed E-state index contributed by atoms with van der Waals surface area (Å²) < 4.78 is 0. The molecule has 6 aromatic rings. The van der Waals surface area contributed by atoms with Gasteiger partial charge in [0, 0.05) is 70.6 Å². The van der Waals surface area contributed by atoms with Crippen LogP contribution in [0.3, 0.4) is 0 Å². The zero-order chi connectivity index (χ0) is 33.0. The van der Waals surface area contributed by atoms with Gasteiger partial charge in [0.05, 0.1) is 0 Å². The minimum atomic E-state index is -1.75. The Morgan fingerprint density at radius 3 is 0.717 bits per heavy atom. The van der Waals surface area contributed by atoms with E-state index in [2.05, 4.69) is 15.0 Å². The number of carbonyl (C=O) groups is 3. The minimum absolute atomic E-state index is 0.0352. The molecule has 0 saturated carbocycles. The number of benzene rings is 3. The van der Waals surface area contributed by atoms with Gasteiger partial charge < -0.3 is 0 Å². The maximum atomic E-state index is 11.8. The van der Waals surface area contributed by atoms with Crippen LogP contribution in [0.1, 0.15) is 47.8 Å². The van der Waals surface area contributed by atoms with Gasteiger partial charge >= 0.3 is 42.1 Å². The molecule has 0 spiro atoms. The zero-order valence-electron chi connectivity index (χ0n) is 24.1. The standard InChI is InChI=1S/3C12H9NO.3ClH.Ru/c3*14-12(10-4-2-1-3-5-10)11-6-8-13-9-7-11;;;;/h3*1-9H;3*1H;/q;;;;;;+3/p-3.